The molecule has 2 unspecified atom stereocenters. The lowest BCUT2D eigenvalue weighted by atomic mass is 9.96. The Morgan fingerprint density at radius 1 is 1.55 bits per heavy atom. The lowest BCUT2D eigenvalue weighted by molar-refractivity contribution is 0.0297. The van der Waals surface area contributed by atoms with E-state index in [1.165, 1.54) is 0 Å². The van der Waals surface area contributed by atoms with Crippen molar-refractivity contribution in [1.29, 1.82) is 0 Å². The first-order chi connectivity index (χ1) is 9.51. The van der Waals surface area contributed by atoms with E-state index >= 15 is 0 Å². The second kappa shape index (κ2) is 6.22. The van der Waals surface area contributed by atoms with Crippen molar-refractivity contribution in [2.45, 2.75) is 39.2 Å². The predicted octanol–water partition coefficient (Wildman–Crippen LogP) is 1.46. The van der Waals surface area contributed by atoms with Gasteiger partial charge in [0.2, 0.25) is 0 Å². The van der Waals surface area contributed by atoms with Gasteiger partial charge >= 0.3 is 0 Å². The molecule has 0 aromatic carbocycles. The first kappa shape index (κ1) is 14.8. The quantitative estimate of drug-likeness (QED) is 0.876. The largest absolute Gasteiger partial charge is 0.393 e. The van der Waals surface area contributed by atoms with E-state index in [-0.39, 0.29) is 17.9 Å². The fourth-order valence-electron chi connectivity index (χ4n) is 2.62. The summed E-state index contributed by atoms with van der Waals surface area (Å²) in [6, 6.07) is 3.47. The number of amides is 1. The monoisotopic (exact) mass is 277 g/mol. The number of nitrogen functional groups attached to an aromatic ring is 1. The number of rotatable bonds is 3. The van der Waals surface area contributed by atoms with Crippen molar-refractivity contribution in [2.75, 3.05) is 18.8 Å². The van der Waals surface area contributed by atoms with E-state index in [2.05, 4.69) is 11.9 Å². The highest BCUT2D eigenvalue weighted by Gasteiger charge is 2.28. The average molecular weight is 277 g/mol. The number of hydrogen-bond donors (Lipinski definition) is 2. The summed E-state index contributed by atoms with van der Waals surface area (Å²) in [5.74, 6) is 0.488. The van der Waals surface area contributed by atoms with Gasteiger partial charge in [0.25, 0.3) is 5.91 Å². The zero-order chi connectivity index (χ0) is 14.7. The minimum Gasteiger partial charge on any atom is -0.393 e. The molecule has 0 radical (unpaired) electrons. The number of aliphatic hydroxyl groups excluding tert-OH is 1. The molecule has 1 fully saturated rings. The van der Waals surface area contributed by atoms with Gasteiger partial charge in [0, 0.05) is 24.3 Å². The van der Waals surface area contributed by atoms with Crippen molar-refractivity contribution < 1.29 is 9.90 Å². The van der Waals surface area contributed by atoms with Crippen LogP contribution < -0.4 is 5.73 Å². The summed E-state index contributed by atoms with van der Waals surface area (Å²) in [6.45, 7) is 5.22. The average Bonchev–Trinajstić information content (AvgIpc) is 2.41. The first-order valence-electron chi connectivity index (χ1n) is 7.25. The Morgan fingerprint density at radius 2 is 2.30 bits per heavy atom. The summed E-state index contributed by atoms with van der Waals surface area (Å²) >= 11 is 0. The molecule has 0 bridgehead atoms. The van der Waals surface area contributed by atoms with Crippen LogP contribution in [0, 0.1) is 5.92 Å². The van der Waals surface area contributed by atoms with Crippen molar-refractivity contribution >= 4 is 11.7 Å². The van der Waals surface area contributed by atoms with Crippen LogP contribution in [-0.4, -0.2) is 40.1 Å². The molecule has 0 saturated carbocycles. The molecular formula is C15H23N3O2. The van der Waals surface area contributed by atoms with Crippen LogP contribution in [0.2, 0.25) is 0 Å². The number of carbonyl (C=O) groups excluding carboxylic acids is 1. The van der Waals surface area contributed by atoms with Gasteiger partial charge in [-0.15, -0.1) is 0 Å². The summed E-state index contributed by atoms with van der Waals surface area (Å²) in [4.78, 5) is 18.6. The molecule has 0 aliphatic carbocycles. The van der Waals surface area contributed by atoms with Gasteiger partial charge in [-0.2, -0.15) is 0 Å². The molecule has 3 N–H and O–H groups in total. The minimum absolute atomic E-state index is 0.0183. The number of nitrogens with zero attached hydrogens (tertiary/aromatic N) is 2. The summed E-state index contributed by atoms with van der Waals surface area (Å²) in [5, 5.41) is 9.74. The molecule has 20 heavy (non-hydrogen) atoms. The maximum absolute atomic E-state index is 12.5. The third kappa shape index (κ3) is 3.28. The molecule has 5 nitrogen and oxygen atoms in total. The molecule has 0 spiro atoms. The Morgan fingerprint density at radius 3 is 2.95 bits per heavy atom. The van der Waals surface area contributed by atoms with Crippen LogP contribution in [0.15, 0.2) is 12.1 Å². The molecule has 1 aromatic heterocycles. The van der Waals surface area contributed by atoms with Crippen molar-refractivity contribution in [3.8, 4) is 0 Å². The van der Waals surface area contributed by atoms with Crippen LogP contribution in [0.5, 0.6) is 0 Å². The maximum atomic E-state index is 12.5. The molecule has 1 saturated heterocycles. The summed E-state index contributed by atoms with van der Waals surface area (Å²) in [6.07, 6.45) is 2.12. The predicted molar refractivity (Wildman–Crippen MR) is 78.3 cm³/mol. The second-order valence-corrected chi connectivity index (χ2v) is 5.61. The number of carbonyl (C=O) groups is 1. The van der Waals surface area contributed by atoms with Gasteiger partial charge in [0.15, 0.2) is 0 Å². The lowest BCUT2D eigenvalue weighted by Crippen LogP contribution is -2.45. The zero-order valence-electron chi connectivity index (χ0n) is 12.2. The Kier molecular flexibility index (Phi) is 4.60. The Bertz CT molecular complexity index is 490. The van der Waals surface area contributed by atoms with Crippen LogP contribution in [-0.2, 0) is 6.42 Å². The number of nitrogens with two attached hydrogens (primary N) is 1. The van der Waals surface area contributed by atoms with Crippen LogP contribution in [0.3, 0.4) is 0 Å². The van der Waals surface area contributed by atoms with Gasteiger partial charge in [-0.3, -0.25) is 4.79 Å². The highest BCUT2D eigenvalue weighted by molar-refractivity contribution is 5.95. The van der Waals surface area contributed by atoms with Crippen LogP contribution in [0.1, 0.15) is 42.7 Å². The van der Waals surface area contributed by atoms with Crippen LogP contribution >= 0.6 is 0 Å². The molecule has 1 aromatic rings. The normalized spacial score (nSPS) is 22.9. The molecule has 2 heterocycles. The maximum Gasteiger partial charge on any atom is 0.254 e. The van der Waals surface area contributed by atoms with Crippen molar-refractivity contribution in [3.63, 3.8) is 0 Å². The molecule has 1 aliphatic rings. The van der Waals surface area contributed by atoms with E-state index in [1.807, 2.05) is 13.0 Å². The van der Waals surface area contributed by atoms with E-state index in [4.69, 9.17) is 5.73 Å². The van der Waals surface area contributed by atoms with E-state index in [0.29, 0.717) is 30.9 Å². The molecule has 1 aliphatic heterocycles. The van der Waals surface area contributed by atoms with Gasteiger partial charge in [-0.25, -0.2) is 4.98 Å². The standard InChI is InChI=1S/C15H23N3O2/c1-3-4-12-7-11(8-14(16)17-12)15(20)18-6-5-13(19)10(2)9-18/h7-8,10,13,19H,3-6,9H2,1-2H3,(H2,16,17). The third-order valence-corrected chi connectivity index (χ3v) is 3.80. The molecule has 2 rings (SSSR count). The molecule has 2 atom stereocenters. The smallest absolute Gasteiger partial charge is 0.254 e. The first-order valence-corrected chi connectivity index (χ1v) is 7.25. The van der Waals surface area contributed by atoms with Crippen LogP contribution in [0.25, 0.3) is 0 Å². The minimum atomic E-state index is -0.308. The number of pyridine rings is 1. The van der Waals surface area contributed by atoms with E-state index in [0.717, 1.165) is 18.5 Å². The topological polar surface area (TPSA) is 79.5 Å². The SMILES string of the molecule is CCCc1cc(C(=O)N2CCC(O)C(C)C2)cc(N)n1. The summed E-state index contributed by atoms with van der Waals surface area (Å²) < 4.78 is 0. The van der Waals surface area contributed by atoms with E-state index in [1.54, 1.807) is 11.0 Å². The van der Waals surface area contributed by atoms with Crippen molar-refractivity contribution in [1.82, 2.24) is 9.88 Å². The number of anilines is 1. The van der Waals surface area contributed by atoms with Crippen LogP contribution in [0.4, 0.5) is 5.82 Å². The number of hydrogen-bond acceptors (Lipinski definition) is 4. The number of aryl methyl sites for hydroxylation is 1. The van der Waals surface area contributed by atoms with Gasteiger partial charge < -0.3 is 15.7 Å². The highest BCUT2D eigenvalue weighted by atomic mass is 16.3. The molecule has 1 amide bonds. The second-order valence-electron chi connectivity index (χ2n) is 5.61. The van der Waals surface area contributed by atoms with Crippen molar-refractivity contribution in [2.24, 2.45) is 5.92 Å². The fraction of sp³-hybridized carbons (Fsp3) is 0.600. The summed E-state index contributed by atoms with van der Waals surface area (Å²) in [5.41, 5.74) is 7.25. The summed E-state index contributed by atoms with van der Waals surface area (Å²) in [7, 11) is 0. The number of piperidine rings is 1. The van der Waals surface area contributed by atoms with Gasteiger partial charge in [-0.1, -0.05) is 20.3 Å². The van der Waals surface area contributed by atoms with E-state index < -0.39 is 0 Å². The number of likely N-dealkylation sites (tertiary alicyclic amines) is 1. The Balaban J connectivity index is 2.16. The van der Waals surface area contributed by atoms with Gasteiger partial charge in [0.1, 0.15) is 5.82 Å². The highest BCUT2D eigenvalue weighted by Crippen LogP contribution is 2.20. The fourth-order valence-corrected chi connectivity index (χ4v) is 2.62. The number of aromatic nitrogens is 1. The molecule has 5 heteroatoms. The zero-order valence-corrected chi connectivity index (χ0v) is 12.2. The third-order valence-electron chi connectivity index (χ3n) is 3.80. The van der Waals surface area contributed by atoms with Gasteiger partial charge in [-0.05, 0) is 30.9 Å². The Labute approximate surface area is 119 Å². The molecule has 110 valence electrons. The molecular weight excluding hydrogens is 254 g/mol. The lowest BCUT2D eigenvalue weighted by Gasteiger charge is -2.34. The van der Waals surface area contributed by atoms with Gasteiger partial charge in [0.05, 0.1) is 6.10 Å². The van der Waals surface area contributed by atoms with Crippen molar-refractivity contribution in [3.05, 3.63) is 23.4 Å². The number of aliphatic hydroxyl groups is 1. The van der Waals surface area contributed by atoms with E-state index in [9.17, 15) is 9.90 Å². The Hall–Kier alpha value is -1.62.